The van der Waals surface area contributed by atoms with Crippen LogP contribution in [0.3, 0.4) is 0 Å². The van der Waals surface area contributed by atoms with E-state index < -0.39 is 0 Å². The summed E-state index contributed by atoms with van der Waals surface area (Å²) in [5.41, 5.74) is 0. The number of hydrogen-bond acceptors (Lipinski definition) is 1. The van der Waals surface area contributed by atoms with Gasteiger partial charge >= 0.3 is 0 Å². The van der Waals surface area contributed by atoms with Gasteiger partial charge in [0.15, 0.2) is 0 Å². The second kappa shape index (κ2) is 9.56. The fraction of sp³-hybridized carbons (Fsp3) is 0.875. The minimum absolute atomic E-state index is 0.403. The Kier molecular flexibility index (Phi) is 8.21. The normalized spacial score (nSPS) is 19.6. The van der Waals surface area contributed by atoms with Crippen LogP contribution >= 0.6 is 0 Å². The van der Waals surface area contributed by atoms with Crippen LogP contribution in [0.5, 0.6) is 0 Å². The van der Waals surface area contributed by atoms with Gasteiger partial charge in [-0.3, -0.25) is 0 Å². The Balaban J connectivity index is 2.01. The molecule has 1 heteroatoms. The van der Waals surface area contributed by atoms with E-state index >= 15 is 0 Å². The maximum atomic E-state index is 5.74. The van der Waals surface area contributed by atoms with Gasteiger partial charge in [0.1, 0.15) is 0 Å². The van der Waals surface area contributed by atoms with Crippen molar-refractivity contribution >= 4 is 0 Å². The van der Waals surface area contributed by atoms with Crippen molar-refractivity contribution in [2.45, 2.75) is 84.2 Å². The number of rotatable bonds is 8. The van der Waals surface area contributed by atoms with Crippen LogP contribution in [0.25, 0.3) is 0 Å². The lowest BCUT2D eigenvalue weighted by Gasteiger charge is -2.24. The molecule has 0 amide bonds. The molecule has 0 bridgehead atoms. The third-order valence-corrected chi connectivity index (χ3v) is 3.77. The van der Waals surface area contributed by atoms with Crippen LogP contribution in [0, 0.1) is 5.92 Å². The molecule has 0 aromatic rings. The Morgan fingerprint density at radius 1 is 1.18 bits per heavy atom. The van der Waals surface area contributed by atoms with Gasteiger partial charge in [0.2, 0.25) is 0 Å². The van der Waals surface area contributed by atoms with Gasteiger partial charge in [-0.25, -0.2) is 0 Å². The molecule has 1 aliphatic rings. The van der Waals surface area contributed by atoms with Crippen LogP contribution in [-0.4, -0.2) is 6.10 Å². The molecule has 0 spiro atoms. The zero-order valence-corrected chi connectivity index (χ0v) is 11.8. The topological polar surface area (TPSA) is 9.23 Å². The number of hydrogen-bond donors (Lipinski definition) is 0. The summed E-state index contributed by atoms with van der Waals surface area (Å²) in [5, 5.41) is 0. The number of ether oxygens (including phenoxy) is 1. The van der Waals surface area contributed by atoms with Gasteiger partial charge in [0, 0.05) is 0 Å². The summed E-state index contributed by atoms with van der Waals surface area (Å²) in [6.07, 6.45) is 18.0. The molecule has 1 aliphatic carbocycles. The standard InChI is InChI=1S/C16H30O/c1-3-4-5-6-10-13-17-15(2)14-16-11-8-7-9-12-16/h10,13,15-16H,3-9,11-12,14H2,1-2H3. The van der Waals surface area contributed by atoms with Crippen molar-refractivity contribution in [3.05, 3.63) is 12.3 Å². The van der Waals surface area contributed by atoms with E-state index in [9.17, 15) is 0 Å². The van der Waals surface area contributed by atoms with E-state index in [0.29, 0.717) is 6.10 Å². The van der Waals surface area contributed by atoms with Crippen molar-refractivity contribution in [1.82, 2.24) is 0 Å². The molecule has 1 saturated carbocycles. The number of allylic oxidation sites excluding steroid dienone is 1. The highest BCUT2D eigenvalue weighted by Crippen LogP contribution is 2.27. The summed E-state index contributed by atoms with van der Waals surface area (Å²) in [4.78, 5) is 0. The Labute approximate surface area is 108 Å². The molecule has 0 heterocycles. The molecule has 1 fully saturated rings. The molecule has 0 aromatic carbocycles. The average molecular weight is 238 g/mol. The van der Waals surface area contributed by atoms with Crippen molar-refractivity contribution in [3.8, 4) is 0 Å². The lowest BCUT2D eigenvalue weighted by molar-refractivity contribution is 0.122. The fourth-order valence-corrected chi connectivity index (χ4v) is 2.72. The van der Waals surface area contributed by atoms with Gasteiger partial charge in [-0.15, -0.1) is 0 Å². The summed E-state index contributed by atoms with van der Waals surface area (Å²) in [7, 11) is 0. The SMILES string of the molecule is CCCCCC=COC(C)CC1CCCCC1. The van der Waals surface area contributed by atoms with E-state index in [2.05, 4.69) is 19.9 Å². The molecular weight excluding hydrogens is 208 g/mol. The molecule has 0 aliphatic heterocycles. The summed E-state index contributed by atoms with van der Waals surface area (Å²) in [6.45, 7) is 4.46. The van der Waals surface area contributed by atoms with Gasteiger partial charge in [0.05, 0.1) is 12.4 Å². The van der Waals surface area contributed by atoms with Gasteiger partial charge in [-0.2, -0.15) is 0 Å². The third kappa shape index (κ3) is 7.46. The molecule has 1 atom stereocenters. The largest absolute Gasteiger partial charge is 0.499 e. The van der Waals surface area contributed by atoms with Crippen LogP contribution < -0.4 is 0 Å². The van der Waals surface area contributed by atoms with Crippen LogP contribution in [0.2, 0.25) is 0 Å². The molecule has 1 unspecified atom stereocenters. The van der Waals surface area contributed by atoms with Crippen LogP contribution in [0.15, 0.2) is 12.3 Å². The molecule has 0 radical (unpaired) electrons. The Hall–Kier alpha value is -0.460. The van der Waals surface area contributed by atoms with Crippen molar-refractivity contribution in [3.63, 3.8) is 0 Å². The summed E-state index contributed by atoms with van der Waals surface area (Å²) in [6, 6.07) is 0. The highest BCUT2D eigenvalue weighted by Gasteiger charge is 2.16. The van der Waals surface area contributed by atoms with Gasteiger partial charge in [0.25, 0.3) is 0 Å². The van der Waals surface area contributed by atoms with E-state index in [-0.39, 0.29) is 0 Å². The first-order chi connectivity index (χ1) is 8.33. The van der Waals surface area contributed by atoms with E-state index in [0.717, 1.165) is 5.92 Å². The minimum atomic E-state index is 0.403. The highest BCUT2D eigenvalue weighted by atomic mass is 16.5. The van der Waals surface area contributed by atoms with E-state index in [1.807, 2.05) is 6.26 Å². The first-order valence-corrected chi connectivity index (χ1v) is 7.63. The quantitative estimate of drug-likeness (QED) is 0.403. The first kappa shape index (κ1) is 14.6. The lowest BCUT2D eigenvalue weighted by atomic mass is 9.86. The van der Waals surface area contributed by atoms with E-state index in [1.165, 1.54) is 64.2 Å². The monoisotopic (exact) mass is 238 g/mol. The van der Waals surface area contributed by atoms with Gasteiger partial charge < -0.3 is 4.74 Å². The Morgan fingerprint density at radius 3 is 2.65 bits per heavy atom. The molecular formula is C16H30O. The Bertz CT molecular complexity index is 192. The predicted octanol–water partition coefficient (Wildman–Crippen LogP) is 5.46. The predicted molar refractivity (Wildman–Crippen MR) is 75.0 cm³/mol. The lowest BCUT2D eigenvalue weighted by Crippen LogP contribution is -2.14. The van der Waals surface area contributed by atoms with Gasteiger partial charge in [-0.1, -0.05) is 51.9 Å². The van der Waals surface area contributed by atoms with Crippen LogP contribution in [-0.2, 0) is 4.74 Å². The zero-order valence-electron chi connectivity index (χ0n) is 11.8. The van der Waals surface area contributed by atoms with Crippen molar-refractivity contribution in [2.75, 3.05) is 0 Å². The molecule has 1 nitrogen and oxygen atoms in total. The second-order valence-corrected chi connectivity index (χ2v) is 5.55. The maximum absolute atomic E-state index is 5.74. The molecule has 0 N–H and O–H groups in total. The maximum Gasteiger partial charge on any atom is 0.0952 e. The minimum Gasteiger partial charge on any atom is -0.499 e. The van der Waals surface area contributed by atoms with Gasteiger partial charge in [-0.05, 0) is 38.2 Å². The average Bonchev–Trinajstić information content (AvgIpc) is 2.35. The summed E-state index contributed by atoms with van der Waals surface area (Å²) >= 11 is 0. The Morgan fingerprint density at radius 2 is 1.94 bits per heavy atom. The zero-order chi connectivity index (χ0) is 12.3. The molecule has 17 heavy (non-hydrogen) atoms. The fourth-order valence-electron chi connectivity index (χ4n) is 2.72. The highest BCUT2D eigenvalue weighted by molar-refractivity contribution is 4.75. The third-order valence-electron chi connectivity index (χ3n) is 3.77. The second-order valence-electron chi connectivity index (χ2n) is 5.55. The molecule has 0 aromatic heterocycles. The van der Waals surface area contributed by atoms with Crippen molar-refractivity contribution in [2.24, 2.45) is 5.92 Å². The van der Waals surface area contributed by atoms with Crippen molar-refractivity contribution in [1.29, 1.82) is 0 Å². The van der Waals surface area contributed by atoms with Crippen LogP contribution in [0.1, 0.15) is 78.1 Å². The van der Waals surface area contributed by atoms with E-state index in [4.69, 9.17) is 4.74 Å². The van der Waals surface area contributed by atoms with Crippen LogP contribution in [0.4, 0.5) is 0 Å². The first-order valence-electron chi connectivity index (χ1n) is 7.63. The van der Waals surface area contributed by atoms with Crippen molar-refractivity contribution < 1.29 is 4.74 Å². The molecule has 100 valence electrons. The van der Waals surface area contributed by atoms with E-state index in [1.54, 1.807) is 0 Å². The summed E-state index contributed by atoms with van der Waals surface area (Å²) < 4.78 is 5.74. The smallest absolute Gasteiger partial charge is 0.0952 e. The molecule has 1 rings (SSSR count). The summed E-state index contributed by atoms with van der Waals surface area (Å²) in [5.74, 6) is 0.923. The number of unbranched alkanes of at least 4 members (excludes halogenated alkanes) is 3. The molecule has 0 saturated heterocycles.